The van der Waals surface area contributed by atoms with Crippen molar-refractivity contribution in [2.75, 3.05) is 7.11 Å². The topological polar surface area (TPSA) is 57.2 Å². The Kier molecular flexibility index (Phi) is 9.10. The quantitative estimate of drug-likeness (QED) is 0.393. The zero-order chi connectivity index (χ0) is 26.1. The third-order valence-corrected chi connectivity index (χ3v) is 16.9. The van der Waals surface area contributed by atoms with Crippen LogP contribution in [0.4, 0.5) is 0 Å². The number of rotatable bonds is 8. The molecule has 4 atom stereocenters. The van der Waals surface area contributed by atoms with E-state index in [0.29, 0.717) is 5.75 Å². The molecule has 0 aromatic heterocycles. The van der Waals surface area contributed by atoms with Gasteiger partial charge in [0.1, 0.15) is 18.0 Å². The molecule has 2 rings (SSSR count). The van der Waals surface area contributed by atoms with Crippen LogP contribution in [-0.2, 0) is 20.2 Å². The minimum Gasteiger partial charge on any atom is -0.496 e. The van der Waals surface area contributed by atoms with Crippen molar-refractivity contribution in [1.29, 1.82) is 0 Å². The Morgan fingerprint density at radius 1 is 0.941 bits per heavy atom. The first-order valence-corrected chi connectivity index (χ1v) is 18.2. The van der Waals surface area contributed by atoms with E-state index in [-0.39, 0.29) is 41.1 Å². The van der Waals surface area contributed by atoms with Crippen LogP contribution in [0.1, 0.15) is 59.6 Å². The van der Waals surface area contributed by atoms with Crippen LogP contribution in [-0.4, -0.2) is 53.3 Å². The van der Waals surface area contributed by atoms with Crippen molar-refractivity contribution >= 4 is 22.7 Å². The van der Waals surface area contributed by atoms with Crippen molar-refractivity contribution in [2.24, 2.45) is 0 Å². The Balaban J connectivity index is 2.45. The van der Waals surface area contributed by atoms with Crippen LogP contribution >= 0.6 is 0 Å². The van der Waals surface area contributed by atoms with Gasteiger partial charge >= 0.3 is 0 Å². The number of hydrogen-bond acceptors (Lipinski definition) is 5. The Morgan fingerprint density at radius 2 is 1.47 bits per heavy atom. The van der Waals surface area contributed by atoms with E-state index in [9.17, 15) is 5.11 Å². The zero-order valence-corrected chi connectivity index (χ0v) is 25.5. The molecule has 7 heteroatoms. The molecule has 1 aromatic rings. The number of hydrogen-bond donors (Lipinski definition) is 1. The molecule has 5 nitrogen and oxygen atoms in total. The van der Waals surface area contributed by atoms with Crippen LogP contribution in [0.15, 0.2) is 24.3 Å². The monoisotopic (exact) mass is 508 g/mol. The molecule has 194 valence electrons. The molecular weight excluding hydrogens is 460 g/mol. The predicted molar refractivity (Wildman–Crippen MR) is 146 cm³/mol. The summed E-state index contributed by atoms with van der Waals surface area (Å²) in [6, 6.07) is 5.78. The molecular formula is C27H48O5Si2. The van der Waals surface area contributed by atoms with E-state index in [1.54, 1.807) is 7.11 Å². The lowest BCUT2D eigenvalue weighted by molar-refractivity contribution is 0.0405. The van der Waals surface area contributed by atoms with Crippen LogP contribution in [0.3, 0.4) is 0 Å². The summed E-state index contributed by atoms with van der Waals surface area (Å²) in [4.78, 5) is 0. The standard InChI is InChI=1S/C27H48O5Si2/c1-19-24(31-33(9,10)26(2,3)4)25(32-34(11,12)27(5,6)7)23(30-19)17-16-20-14-13-15-22(29-8)21(20)18-28/h13-17,19,23-25,28H,18H2,1-12H3/b17-16+/t19-,23+,24-,25-/m1/s1. The van der Waals surface area contributed by atoms with E-state index in [0.717, 1.165) is 11.1 Å². The molecule has 1 saturated heterocycles. The van der Waals surface area contributed by atoms with E-state index >= 15 is 0 Å². The summed E-state index contributed by atoms with van der Waals surface area (Å²) in [6.45, 7) is 24.7. The highest BCUT2D eigenvalue weighted by Crippen LogP contribution is 2.43. The Bertz CT molecular complexity index is 852. The van der Waals surface area contributed by atoms with Gasteiger partial charge in [-0.2, -0.15) is 0 Å². The van der Waals surface area contributed by atoms with Crippen molar-refractivity contribution in [3.8, 4) is 5.75 Å². The molecule has 0 unspecified atom stereocenters. The summed E-state index contributed by atoms with van der Waals surface area (Å²) < 4.78 is 25.8. The third kappa shape index (κ3) is 6.42. The second-order valence-corrected chi connectivity index (χ2v) is 22.0. The van der Waals surface area contributed by atoms with Gasteiger partial charge in [0, 0.05) is 5.56 Å². The summed E-state index contributed by atoms with van der Waals surface area (Å²) in [7, 11) is -2.50. The average molecular weight is 509 g/mol. The highest BCUT2D eigenvalue weighted by Gasteiger charge is 2.51. The van der Waals surface area contributed by atoms with Crippen molar-refractivity contribution in [2.45, 2.75) is 116 Å². The molecule has 34 heavy (non-hydrogen) atoms. The van der Waals surface area contributed by atoms with Crippen molar-refractivity contribution in [3.63, 3.8) is 0 Å². The fourth-order valence-corrected chi connectivity index (χ4v) is 6.30. The largest absolute Gasteiger partial charge is 0.496 e. The van der Waals surface area contributed by atoms with Crippen LogP contribution in [0, 0.1) is 0 Å². The van der Waals surface area contributed by atoms with E-state index in [4.69, 9.17) is 18.3 Å². The van der Waals surface area contributed by atoms with Crippen LogP contribution in [0.5, 0.6) is 5.75 Å². The minimum atomic E-state index is -2.08. The fraction of sp³-hybridized carbons (Fsp3) is 0.704. The van der Waals surface area contributed by atoms with Crippen LogP contribution in [0.25, 0.3) is 6.08 Å². The predicted octanol–water partition coefficient (Wildman–Crippen LogP) is 6.77. The van der Waals surface area contributed by atoms with Gasteiger partial charge in [0.05, 0.1) is 25.9 Å². The fourth-order valence-electron chi connectivity index (χ4n) is 3.64. The summed E-state index contributed by atoms with van der Waals surface area (Å²) in [5, 5.41) is 10.1. The minimum absolute atomic E-state index is 0.0749. The molecule has 1 N–H and O–H groups in total. The molecule has 0 spiro atoms. The molecule has 1 heterocycles. The van der Waals surface area contributed by atoms with Gasteiger partial charge in [0.2, 0.25) is 0 Å². The van der Waals surface area contributed by atoms with E-state index in [1.807, 2.05) is 24.3 Å². The van der Waals surface area contributed by atoms with Gasteiger partial charge in [0.25, 0.3) is 0 Å². The smallest absolute Gasteiger partial charge is 0.192 e. The van der Waals surface area contributed by atoms with Crippen LogP contribution < -0.4 is 4.74 Å². The van der Waals surface area contributed by atoms with Crippen molar-refractivity contribution in [3.05, 3.63) is 35.4 Å². The molecule has 1 aromatic carbocycles. The second kappa shape index (κ2) is 10.6. The van der Waals surface area contributed by atoms with Crippen LogP contribution in [0.2, 0.25) is 36.3 Å². The maximum Gasteiger partial charge on any atom is 0.192 e. The average Bonchev–Trinajstić information content (AvgIpc) is 2.98. The number of benzene rings is 1. The summed E-state index contributed by atoms with van der Waals surface area (Å²) in [5.74, 6) is 0.679. The third-order valence-electron chi connectivity index (χ3n) is 7.97. The molecule has 0 saturated carbocycles. The van der Waals surface area contributed by atoms with Gasteiger partial charge in [0.15, 0.2) is 16.6 Å². The van der Waals surface area contributed by atoms with Gasteiger partial charge in [-0.15, -0.1) is 0 Å². The molecule has 1 fully saturated rings. The second-order valence-electron chi connectivity index (χ2n) is 12.5. The molecule has 0 aliphatic carbocycles. The number of aliphatic hydroxyl groups excluding tert-OH is 1. The molecule has 1 aliphatic heterocycles. The number of methoxy groups -OCH3 is 1. The first-order valence-electron chi connectivity index (χ1n) is 12.4. The van der Waals surface area contributed by atoms with E-state index in [2.05, 4.69) is 80.7 Å². The normalized spacial score (nSPS) is 24.7. The van der Waals surface area contributed by atoms with E-state index < -0.39 is 16.6 Å². The lowest BCUT2D eigenvalue weighted by Gasteiger charge is -2.43. The van der Waals surface area contributed by atoms with Crippen molar-refractivity contribution < 1.29 is 23.4 Å². The maximum absolute atomic E-state index is 9.92. The SMILES string of the molecule is COc1cccc(/C=C/[C@@H]2O[C@H](C)[C@@H](O[Si](C)(C)C(C)(C)C)[C@@H]2O[Si](C)(C)C(C)(C)C)c1CO. The number of aliphatic hydroxyl groups is 1. The van der Waals surface area contributed by atoms with Gasteiger partial charge in [-0.05, 0) is 54.8 Å². The van der Waals surface area contributed by atoms with Crippen molar-refractivity contribution in [1.82, 2.24) is 0 Å². The highest BCUT2D eigenvalue weighted by molar-refractivity contribution is 6.74. The van der Waals surface area contributed by atoms with Gasteiger partial charge in [-0.3, -0.25) is 0 Å². The Morgan fingerprint density at radius 3 is 1.94 bits per heavy atom. The molecule has 1 aliphatic rings. The van der Waals surface area contributed by atoms with Gasteiger partial charge < -0.3 is 23.4 Å². The molecule has 0 radical (unpaired) electrons. The zero-order valence-electron chi connectivity index (χ0n) is 23.5. The Labute approximate surface area is 210 Å². The van der Waals surface area contributed by atoms with Gasteiger partial charge in [-0.1, -0.05) is 65.8 Å². The lowest BCUT2D eigenvalue weighted by atomic mass is 10.0. The Hall–Kier alpha value is -0.966. The molecule has 0 amide bonds. The highest BCUT2D eigenvalue weighted by atomic mass is 28.4. The molecule has 0 bridgehead atoms. The first-order chi connectivity index (χ1) is 15.4. The van der Waals surface area contributed by atoms with E-state index in [1.165, 1.54) is 0 Å². The summed E-state index contributed by atoms with van der Waals surface area (Å²) in [6.07, 6.45) is 3.44. The lowest BCUT2D eigenvalue weighted by Crippen LogP contribution is -2.53. The first kappa shape index (κ1) is 29.3. The van der Waals surface area contributed by atoms with Gasteiger partial charge in [-0.25, -0.2) is 0 Å². The number of ether oxygens (including phenoxy) is 2. The maximum atomic E-state index is 9.92. The summed E-state index contributed by atoms with van der Waals surface area (Å²) >= 11 is 0. The summed E-state index contributed by atoms with van der Waals surface area (Å²) in [5.41, 5.74) is 1.68.